The number of nitrogens with one attached hydrogen (secondary N) is 1. The van der Waals surface area contributed by atoms with Gasteiger partial charge >= 0.3 is 0 Å². The van der Waals surface area contributed by atoms with Crippen LogP contribution in [0.1, 0.15) is 5.76 Å². The molecule has 0 unspecified atom stereocenters. The van der Waals surface area contributed by atoms with E-state index in [9.17, 15) is 20.2 Å². The number of hydrogen-bond donors (Lipinski definition) is 1. The molecule has 3 rings (SSSR count). The quantitative estimate of drug-likeness (QED) is 0.218. The highest BCUT2D eigenvalue weighted by molar-refractivity contribution is 9.10. The van der Waals surface area contributed by atoms with Gasteiger partial charge in [0.1, 0.15) is 23.2 Å². The number of halogens is 2. The average Bonchev–Trinajstić information content (AvgIpc) is 3.16. The number of nitriles is 1. The van der Waals surface area contributed by atoms with Crippen LogP contribution in [0, 0.1) is 21.4 Å². The molecular formula is C20H11BrClN3O4. The number of nitro benzene ring substituents is 1. The highest BCUT2D eigenvalue weighted by Gasteiger charge is 2.19. The fourth-order valence-corrected chi connectivity index (χ4v) is 3.03. The lowest BCUT2D eigenvalue weighted by Gasteiger charge is -2.05. The maximum atomic E-state index is 12.4. The molecule has 2 aromatic carbocycles. The van der Waals surface area contributed by atoms with Crippen molar-refractivity contribution in [1.82, 2.24) is 0 Å². The molecule has 1 aromatic heterocycles. The molecule has 0 saturated heterocycles. The Morgan fingerprint density at radius 1 is 1.24 bits per heavy atom. The summed E-state index contributed by atoms with van der Waals surface area (Å²) in [7, 11) is 0. The molecule has 0 aliphatic carbocycles. The molecule has 1 heterocycles. The summed E-state index contributed by atoms with van der Waals surface area (Å²) in [6.45, 7) is 0. The minimum Gasteiger partial charge on any atom is -0.456 e. The number of furan rings is 1. The maximum Gasteiger partial charge on any atom is 0.281 e. The van der Waals surface area contributed by atoms with Crippen LogP contribution in [0.15, 0.2) is 69.1 Å². The summed E-state index contributed by atoms with van der Waals surface area (Å²) in [5, 5.41) is 23.5. The average molecular weight is 473 g/mol. The second-order valence-corrected chi connectivity index (χ2v) is 7.02. The molecule has 7 nitrogen and oxygen atoms in total. The molecule has 0 spiro atoms. The number of rotatable bonds is 5. The fraction of sp³-hybridized carbons (Fsp3) is 0. The molecule has 3 aromatic rings. The molecule has 9 heteroatoms. The summed E-state index contributed by atoms with van der Waals surface area (Å²) in [6, 6.07) is 16.0. The van der Waals surface area contributed by atoms with Gasteiger partial charge < -0.3 is 9.73 Å². The molecule has 144 valence electrons. The van der Waals surface area contributed by atoms with E-state index in [0.29, 0.717) is 10.2 Å². The van der Waals surface area contributed by atoms with Crippen molar-refractivity contribution in [3.63, 3.8) is 0 Å². The third-order valence-corrected chi connectivity index (χ3v) is 4.75. The number of hydrogen-bond acceptors (Lipinski definition) is 5. The van der Waals surface area contributed by atoms with Crippen LogP contribution in [0.4, 0.5) is 11.4 Å². The highest BCUT2D eigenvalue weighted by atomic mass is 79.9. The third-order valence-electron chi connectivity index (χ3n) is 3.82. The molecule has 1 N–H and O–H groups in total. The van der Waals surface area contributed by atoms with E-state index in [1.54, 1.807) is 24.3 Å². The van der Waals surface area contributed by atoms with Crippen molar-refractivity contribution in [2.75, 3.05) is 5.32 Å². The molecule has 0 fully saturated rings. The predicted octanol–water partition coefficient (Wildman–Crippen LogP) is 5.82. The Balaban J connectivity index is 1.89. The van der Waals surface area contributed by atoms with Crippen LogP contribution in [-0.2, 0) is 4.79 Å². The van der Waals surface area contributed by atoms with Crippen LogP contribution in [0.2, 0.25) is 5.02 Å². The number of anilines is 1. The summed E-state index contributed by atoms with van der Waals surface area (Å²) in [5.74, 6) is -0.207. The number of amides is 1. The first-order valence-electron chi connectivity index (χ1n) is 8.11. The molecule has 0 radical (unpaired) electrons. The van der Waals surface area contributed by atoms with Gasteiger partial charge in [0, 0.05) is 21.6 Å². The van der Waals surface area contributed by atoms with Crippen molar-refractivity contribution in [2.45, 2.75) is 0 Å². The van der Waals surface area contributed by atoms with Gasteiger partial charge in [0.2, 0.25) is 0 Å². The first-order chi connectivity index (χ1) is 13.9. The van der Waals surface area contributed by atoms with Crippen molar-refractivity contribution in [3.05, 3.63) is 85.5 Å². The van der Waals surface area contributed by atoms with Crippen LogP contribution in [-0.4, -0.2) is 10.8 Å². The zero-order valence-electron chi connectivity index (χ0n) is 14.6. The Hall–Kier alpha value is -3.41. The minimum absolute atomic E-state index is 0.188. The van der Waals surface area contributed by atoms with Crippen LogP contribution >= 0.6 is 27.5 Å². The summed E-state index contributed by atoms with van der Waals surface area (Å²) < 4.78 is 6.26. The predicted molar refractivity (Wildman–Crippen MR) is 112 cm³/mol. The van der Waals surface area contributed by atoms with Crippen LogP contribution < -0.4 is 5.32 Å². The topological polar surface area (TPSA) is 109 Å². The zero-order valence-corrected chi connectivity index (χ0v) is 16.9. The molecule has 29 heavy (non-hydrogen) atoms. The Labute approximate surface area is 178 Å². The molecular weight excluding hydrogens is 462 g/mol. The largest absolute Gasteiger partial charge is 0.456 e. The van der Waals surface area contributed by atoms with Crippen molar-refractivity contribution >= 4 is 50.9 Å². The molecule has 0 saturated carbocycles. The Morgan fingerprint density at radius 2 is 2.00 bits per heavy atom. The third kappa shape index (κ3) is 4.71. The van der Waals surface area contributed by atoms with Crippen LogP contribution in [0.25, 0.3) is 17.4 Å². The maximum absolute atomic E-state index is 12.4. The first-order valence-corrected chi connectivity index (χ1v) is 9.28. The lowest BCUT2D eigenvalue weighted by atomic mass is 10.1. The van der Waals surface area contributed by atoms with E-state index < -0.39 is 10.8 Å². The number of carbonyl (C=O) groups excluding carboxylic acids is 1. The van der Waals surface area contributed by atoms with Gasteiger partial charge in [-0.25, -0.2) is 0 Å². The molecule has 0 bridgehead atoms. The van der Waals surface area contributed by atoms with Crippen molar-refractivity contribution in [3.8, 4) is 17.4 Å². The number of nitrogens with zero attached hydrogens (tertiary/aromatic N) is 2. The normalized spacial score (nSPS) is 11.0. The Bertz CT molecular complexity index is 1180. The van der Waals surface area contributed by atoms with E-state index in [4.69, 9.17) is 16.0 Å². The van der Waals surface area contributed by atoms with E-state index in [0.717, 1.165) is 0 Å². The van der Waals surface area contributed by atoms with Gasteiger partial charge in [0.15, 0.2) is 0 Å². The Kier molecular flexibility index (Phi) is 6.12. The Morgan fingerprint density at radius 3 is 2.69 bits per heavy atom. The van der Waals surface area contributed by atoms with E-state index in [1.165, 1.54) is 36.4 Å². The van der Waals surface area contributed by atoms with Crippen molar-refractivity contribution < 1.29 is 14.1 Å². The summed E-state index contributed by atoms with van der Waals surface area (Å²) in [6.07, 6.45) is 1.26. The second kappa shape index (κ2) is 8.73. The fourth-order valence-electron chi connectivity index (χ4n) is 2.48. The summed E-state index contributed by atoms with van der Waals surface area (Å²) in [4.78, 5) is 23.1. The number of para-hydroxylation sites is 1. The summed E-state index contributed by atoms with van der Waals surface area (Å²) >= 11 is 9.14. The van der Waals surface area contributed by atoms with Crippen molar-refractivity contribution in [1.29, 1.82) is 5.26 Å². The summed E-state index contributed by atoms with van der Waals surface area (Å²) in [5.41, 5.74) is 0.340. The molecule has 1 amide bonds. The van der Waals surface area contributed by atoms with Crippen LogP contribution in [0.5, 0.6) is 0 Å². The van der Waals surface area contributed by atoms with Gasteiger partial charge in [-0.15, -0.1) is 0 Å². The van der Waals surface area contributed by atoms with E-state index in [2.05, 4.69) is 21.2 Å². The van der Waals surface area contributed by atoms with Crippen LogP contribution in [0.3, 0.4) is 0 Å². The van der Waals surface area contributed by atoms with Gasteiger partial charge in [-0.1, -0.05) is 23.7 Å². The molecule has 0 aliphatic heterocycles. The number of carbonyl (C=O) groups is 1. The standard InChI is InChI=1S/C20H11BrClN3O4/c21-16-3-1-2-4-17(16)24-20(26)12(11-23)9-14-6-8-19(29-14)15-7-5-13(22)10-18(15)25(27)28/h1-10H,(H,24,26)/b12-9+. The van der Waals surface area contributed by atoms with Gasteiger partial charge in [-0.3, -0.25) is 14.9 Å². The second-order valence-electron chi connectivity index (χ2n) is 5.72. The van der Waals surface area contributed by atoms with E-state index in [1.807, 2.05) is 6.07 Å². The smallest absolute Gasteiger partial charge is 0.281 e. The highest BCUT2D eigenvalue weighted by Crippen LogP contribution is 2.33. The van der Waals surface area contributed by atoms with Gasteiger partial charge in [-0.2, -0.15) is 5.26 Å². The number of benzene rings is 2. The van der Waals surface area contributed by atoms with E-state index >= 15 is 0 Å². The monoisotopic (exact) mass is 471 g/mol. The molecule has 0 aliphatic rings. The van der Waals surface area contributed by atoms with E-state index in [-0.39, 0.29) is 33.4 Å². The zero-order chi connectivity index (χ0) is 21.0. The van der Waals surface area contributed by atoms with Gasteiger partial charge in [-0.05, 0) is 52.3 Å². The van der Waals surface area contributed by atoms with Crippen molar-refractivity contribution in [2.24, 2.45) is 0 Å². The van der Waals surface area contributed by atoms with Gasteiger partial charge in [0.25, 0.3) is 11.6 Å². The molecule has 0 atom stereocenters. The van der Waals surface area contributed by atoms with Gasteiger partial charge in [0.05, 0.1) is 16.2 Å². The first kappa shape index (κ1) is 20.3. The SMILES string of the molecule is N#C/C(=C\c1ccc(-c2ccc(Cl)cc2[N+](=O)[O-])o1)C(=O)Nc1ccccc1Br. The lowest BCUT2D eigenvalue weighted by Crippen LogP contribution is -2.13. The number of nitro groups is 1. The minimum atomic E-state index is -0.616. The lowest BCUT2D eigenvalue weighted by molar-refractivity contribution is -0.384.